The average Bonchev–Trinajstić information content (AvgIpc) is 3.09. The van der Waals surface area contributed by atoms with Crippen LogP contribution in [0.2, 0.25) is 0 Å². The number of likely N-dealkylation sites (tertiary alicyclic amines) is 1. The molecular weight excluding hydrogens is 358 g/mol. The highest BCUT2D eigenvalue weighted by Crippen LogP contribution is 2.39. The number of thioether (sulfide) groups is 1. The summed E-state index contributed by atoms with van der Waals surface area (Å²) >= 11 is 1.87. The monoisotopic (exact) mass is 397 g/mol. The topological polar surface area (TPSA) is 61.4 Å². The van der Waals surface area contributed by atoms with Crippen molar-refractivity contribution in [1.82, 2.24) is 15.5 Å². The van der Waals surface area contributed by atoms with Crippen LogP contribution in [0.3, 0.4) is 0 Å². The molecule has 2 unspecified atom stereocenters. The molecule has 0 aromatic heterocycles. The number of piperidine rings is 1. The van der Waals surface area contributed by atoms with E-state index in [4.69, 9.17) is 0 Å². The third kappa shape index (κ3) is 6.97. The van der Waals surface area contributed by atoms with Crippen LogP contribution in [0.15, 0.2) is 0 Å². The molecule has 2 amide bonds. The molecule has 2 fully saturated rings. The maximum atomic E-state index is 12.4. The highest BCUT2D eigenvalue weighted by molar-refractivity contribution is 8.01. The highest BCUT2D eigenvalue weighted by atomic mass is 32.2. The van der Waals surface area contributed by atoms with Crippen molar-refractivity contribution in [3.05, 3.63) is 0 Å². The number of nitrogens with zero attached hydrogens (tertiary/aromatic N) is 1. The molecule has 2 aliphatic heterocycles. The molecule has 0 saturated carbocycles. The molecule has 156 valence electrons. The van der Waals surface area contributed by atoms with Crippen LogP contribution in [0.25, 0.3) is 0 Å². The van der Waals surface area contributed by atoms with Gasteiger partial charge in [0, 0.05) is 31.8 Å². The van der Waals surface area contributed by atoms with Crippen molar-refractivity contribution >= 4 is 23.6 Å². The zero-order valence-electron chi connectivity index (χ0n) is 17.5. The van der Waals surface area contributed by atoms with Crippen molar-refractivity contribution in [1.29, 1.82) is 0 Å². The lowest BCUT2D eigenvalue weighted by atomic mass is 10.0. The Hall–Kier alpha value is -0.750. The highest BCUT2D eigenvalue weighted by Gasteiger charge is 2.44. The van der Waals surface area contributed by atoms with Gasteiger partial charge in [-0.15, -0.1) is 11.8 Å². The Morgan fingerprint density at radius 1 is 1.19 bits per heavy atom. The lowest BCUT2D eigenvalue weighted by Crippen LogP contribution is -2.54. The summed E-state index contributed by atoms with van der Waals surface area (Å²) in [5, 5.41) is 6.67. The summed E-state index contributed by atoms with van der Waals surface area (Å²) in [6, 6.07) is -0.0973. The third-order valence-electron chi connectivity index (χ3n) is 6.02. The van der Waals surface area contributed by atoms with E-state index in [0.717, 1.165) is 51.1 Å². The lowest BCUT2D eigenvalue weighted by Gasteiger charge is -2.39. The Bertz CT molecular complexity index is 478. The van der Waals surface area contributed by atoms with Crippen molar-refractivity contribution in [2.75, 3.05) is 25.4 Å². The lowest BCUT2D eigenvalue weighted by molar-refractivity contribution is -0.132. The predicted molar refractivity (Wildman–Crippen MR) is 114 cm³/mol. The summed E-state index contributed by atoms with van der Waals surface area (Å²) in [5.41, 5.74) is 0. The number of amides is 2. The van der Waals surface area contributed by atoms with Crippen molar-refractivity contribution in [3.63, 3.8) is 0 Å². The normalized spacial score (nSPS) is 22.8. The molecule has 2 aliphatic rings. The zero-order chi connectivity index (χ0) is 19.7. The maximum absolute atomic E-state index is 12.4. The van der Waals surface area contributed by atoms with E-state index >= 15 is 0 Å². The molecule has 2 saturated heterocycles. The van der Waals surface area contributed by atoms with Gasteiger partial charge in [0.2, 0.25) is 11.8 Å². The molecule has 2 atom stereocenters. The van der Waals surface area contributed by atoms with E-state index < -0.39 is 0 Å². The van der Waals surface area contributed by atoms with Crippen LogP contribution in [-0.2, 0) is 9.59 Å². The number of nitrogens with one attached hydrogen (secondary N) is 2. The number of carbonyl (C=O) groups excluding carboxylic acids is 2. The first kappa shape index (κ1) is 22.5. The number of carbonyl (C=O) groups is 2. The minimum Gasteiger partial charge on any atom is -0.354 e. The second-order valence-corrected chi connectivity index (χ2v) is 9.71. The first-order valence-electron chi connectivity index (χ1n) is 11.0. The average molecular weight is 398 g/mol. The summed E-state index contributed by atoms with van der Waals surface area (Å²) in [7, 11) is 0. The molecule has 0 aromatic rings. The van der Waals surface area contributed by atoms with Gasteiger partial charge in [0.15, 0.2) is 0 Å². The van der Waals surface area contributed by atoms with E-state index in [0.29, 0.717) is 18.2 Å². The van der Waals surface area contributed by atoms with E-state index in [1.54, 1.807) is 0 Å². The van der Waals surface area contributed by atoms with E-state index in [2.05, 4.69) is 31.4 Å². The molecule has 6 heteroatoms. The fourth-order valence-corrected chi connectivity index (χ4v) is 5.19. The minimum atomic E-state index is -0.0973. The van der Waals surface area contributed by atoms with Gasteiger partial charge in [-0.2, -0.15) is 0 Å². The fraction of sp³-hybridized carbons (Fsp3) is 0.905. The summed E-state index contributed by atoms with van der Waals surface area (Å²) < 4.78 is 0. The SMILES string of the molecule is CCCCCCCC(=O)N1CCC2(CC1)NC(C(=O)NCC(C)CC)CS2. The van der Waals surface area contributed by atoms with Crippen LogP contribution in [0, 0.1) is 5.92 Å². The molecule has 5 nitrogen and oxygen atoms in total. The molecule has 0 aliphatic carbocycles. The third-order valence-corrected chi connectivity index (χ3v) is 7.60. The number of rotatable bonds is 10. The van der Waals surface area contributed by atoms with E-state index in [1.807, 2.05) is 16.7 Å². The standard InChI is InChI=1S/C21H39N3O2S/c1-4-6-7-8-9-10-19(25)24-13-11-21(12-14-24)23-18(16-27-21)20(26)22-15-17(3)5-2/h17-18,23H,4-16H2,1-3H3,(H,22,26). The first-order chi connectivity index (χ1) is 13.0. The maximum Gasteiger partial charge on any atom is 0.238 e. The summed E-state index contributed by atoms with van der Waals surface area (Å²) in [6.45, 7) is 8.91. The van der Waals surface area contributed by atoms with Crippen LogP contribution in [-0.4, -0.2) is 53.0 Å². The number of unbranched alkanes of at least 4 members (excludes halogenated alkanes) is 4. The Morgan fingerprint density at radius 2 is 1.89 bits per heavy atom. The molecule has 2 N–H and O–H groups in total. The molecular formula is C21H39N3O2S. The van der Waals surface area contributed by atoms with Crippen LogP contribution in [0.4, 0.5) is 0 Å². The molecule has 27 heavy (non-hydrogen) atoms. The van der Waals surface area contributed by atoms with Gasteiger partial charge in [0.1, 0.15) is 0 Å². The quantitative estimate of drug-likeness (QED) is 0.554. The largest absolute Gasteiger partial charge is 0.354 e. The Kier molecular flexibility index (Phi) is 9.43. The van der Waals surface area contributed by atoms with Gasteiger partial charge < -0.3 is 10.2 Å². The summed E-state index contributed by atoms with van der Waals surface area (Å²) in [6.07, 6.45) is 9.60. The Balaban J connectivity index is 1.69. The van der Waals surface area contributed by atoms with Gasteiger partial charge in [0.05, 0.1) is 10.9 Å². The second-order valence-electron chi connectivity index (χ2n) is 8.31. The van der Waals surface area contributed by atoms with Gasteiger partial charge in [0.25, 0.3) is 0 Å². The molecule has 1 spiro atoms. The fourth-order valence-electron chi connectivity index (χ4n) is 3.77. The molecule has 0 bridgehead atoms. The van der Waals surface area contributed by atoms with Crippen molar-refractivity contribution < 1.29 is 9.59 Å². The molecule has 2 rings (SSSR count). The van der Waals surface area contributed by atoms with Gasteiger partial charge in [-0.25, -0.2) is 0 Å². The molecule has 2 heterocycles. The number of hydrogen-bond donors (Lipinski definition) is 2. The minimum absolute atomic E-state index is 0.0176. The first-order valence-corrected chi connectivity index (χ1v) is 12.0. The number of hydrogen-bond acceptors (Lipinski definition) is 4. The van der Waals surface area contributed by atoms with E-state index in [-0.39, 0.29) is 16.8 Å². The van der Waals surface area contributed by atoms with Crippen molar-refractivity contribution in [2.24, 2.45) is 5.92 Å². The zero-order valence-corrected chi connectivity index (χ0v) is 18.3. The van der Waals surface area contributed by atoms with Crippen LogP contribution < -0.4 is 10.6 Å². The molecule has 0 radical (unpaired) electrons. The van der Waals surface area contributed by atoms with Crippen LogP contribution in [0.5, 0.6) is 0 Å². The van der Waals surface area contributed by atoms with Gasteiger partial charge >= 0.3 is 0 Å². The van der Waals surface area contributed by atoms with E-state index in [1.165, 1.54) is 25.7 Å². The van der Waals surface area contributed by atoms with Gasteiger partial charge in [-0.3, -0.25) is 14.9 Å². The summed E-state index contributed by atoms with van der Waals surface area (Å²) in [4.78, 5) is 26.8. The van der Waals surface area contributed by atoms with Gasteiger partial charge in [-0.05, 0) is 25.2 Å². The molecule has 0 aromatic carbocycles. The van der Waals surface area contributed by atoms with Crippen molar-refractivity contribution in [3.8, 4) is 0 Å². The van der Waals surface area contributed by atoms with Gasteiger partial charge in [-0.1, -0.05) is 52.9 Å². The van der Waals surface area contributed by atoms with Crippen LogP contribution in [0.1, 0.15) is 78.6 Å². The predicted octanol–water partition coefficient (Wildman–Crippen LogP) is 3.53. The smallest absolute Gasteiger partial charge is 0.238 e. The Labute approximate surface area is 169 Å². The van der Waals surface area contributed by atoms with E-state index in [9.17, 15) is 9.59 Å². The Morgan fingerprint density at radius 3 is 2.56 bits per heavy atom. The van der Waals surface area contributed by atoms with Crippen molar-refractivity contribution in [2.45, 2.75) is 89.5 Å². The summed E-state index contributed by atoms with van der Waals surface area (Å²) in [5.74, 6) is 1.79. The second kappa shape index (κ2) is 11.3. The van der Waals surface area contributed by atoms with Crippen LogP contribution >= 0.6 is 11.8 Å².